The minimum absolute atomic E-state index is 0.0838. The zero-order chi connectivity index (χ0) is 34.8. The van der Waals surface area contributed by atoms with Crippen LogP contribution in [0.4, 0.5) is 5.69 Å². The normalized spacial score (nSPS) is 19.4. The van der Waals surface area contributed by atoms with E-state index in [0.29, 0.717) is 11.1 Å². The van der Waals surface area contributed by atoms with E-state index in [2.05, 4.69) is 74.7 Å². The molecule has 1 N–H and O–H groups in total. The van der Waals surface area contributed by atoms with E-state index in [0.717, 1.165) is 59.1 Å². The van der Waals surface area contributed by atoms with Gasteiger partial charge in [-0.1, -0.05) is 97.3 Å². The van der Waals surface area contributed by atoms with Gasteiger partial charge in [0.25, 0.3) is 0 Å². The standard InChI is InChI=1S/C43H60N2O4/c1-6-8-10-12-14-15-16-17-19-21-24-45-37-29-39-38(48-31-49-39)28-36(37)43(4,5)40(45)27-35-41(46)34(42(35)47)26-33-22-25-44(30-32(33)3)23-20-18-13-11-9-7-2/h22,25-30H,6-21,23-24,31H2,1-5H3/p+1. The van der Waals surface area contributed by atoms with E-state index < -0.39 is 0 Å². The van der Waals surface area contributed by atoms with Crippen LogP contribution in [0.3, 0.4) is 0 Å². The minimum Gasteiger partial charge on any atom is -0.506 e. The van der Waals surface area contributed by atoms with E-state index in [4.69, 9.17) is 9.47 Å². The van der Waals surface area contributed by atoms with Gasteiger partial charge in [0.1, 0.15) is 12.3 Å². The molecule has 0 aromatic heterocycles. The molecule has 5 rings (SSSR count). The summed E-state index contributed by atoms with van der Waals surface area (Å²) in [4.78, 5) is 15.8. The maximum Gasteiger partial charge on any atom is 0.231 e. The fraction of sp³-hybridized carbons (Fsp3) is 0.581. The quantitative estimate of drug-likeness (QED) is 0.0850. The smallest absolute Gasteiger partial charge is 0.231 e. The lowest BCUT2D eigenvalue weighted by atomic mass is 9.78. The van der Waals surface area contributed by atoms with Crippen LogP contribution in [0, 0.1) is 0 Å². The first-order valence-electron chi connectivity index (χ1n) is 19.4. The molecule has 1 aromatic rings. The van der Waals surface area contributed by atoms with E-state index in [9.17, 15) is 9.90 Å². The van der Waals surface area contributed by atoms with Crippen LogP contribution in [0.1, 0.15) is 143 Å². The van der Waals surface area contributed by atoms with Crippen molar-refractivity contribution in [2.75, 3.05) is 19.9 Å². The van der Waals surface area contributed by atoms with E-state index in [-0.39, 0.29) is 23.8 Å². The number of hydrogen-bond acceptors (Lipinski definition) is 5. The molecule has 6 nitrogen and oxygen atoms in total. The maximum atomic E-state index is 13.6. The molecule has 0 radical (unpaired) electrons. The summed E-state index contributed by atoms with van der Waals surface area (Å²) in [6.45, 7) is 13.1. The second-order valence-electron chi connectivity index (χ2n) is 14.9. The number of hydrogen-bond donors (Lipinski definition) is 1. The van der Waals surface area contributed by atoms with Crippen molar-refractivity contribution in [1.82, 2.24) is 4.90 Å². The first-order chi connectivity index (χ1) is 23.8. The zero-order valence-electron chi connectivity index (χ0n) is 31.0. The van der Waals surface area contributed by atoms with Crippen molar-refractivity contribution in [2.24, 2.45) is 0 Å². The van der Waals surface area contributed by atoms with Gasteiger partial charge in [0, 0.05) is 37.0 Å². The molecule has 1 aromatic carbocycles. The summed E-state index contributed by atoms with van der Waals surface area (Å²) < 4.78 is 13.9. The fourth-order valence-corrected chi connectivity index (χ4v) is 7.57. The number of fused-ring (bicyclic) bond motifs is 2. The highest BCUT2D eigenvalue weighted by Gasteiger charge is 2.47. The van der Waals surface area contributed by atoms with Gasteiger partial charge in [0.15, 0.2) is 17.2 Å². The van der Waals surface area contributed by atoms with Crippen LogP contribution in [0.25, 0.3) is 0 Å². The molecule has 0 saturated heterocycles. The zero-order valence-corrected chi connectivity index (χ0v) is 31.0. The minimum atomic E-state index is -0.374. The predicted molar refractivity (Wildman–Crippen MR) is 201 cm³/mol. The molecule has 0 saturated carbocycles. The van der Waals surface area contributed by atoms with Crippen molar-refractivity contribution in [2.45, 2.75) is 143 Å². The Hall–Kier alpha value is -3.54. The number of aliphatic hydroxyl groups excluding tert-OH is 1. The topological polar surface area (TPSA) is 62.0 Å². The molecule has 0 unspecified atom stereocenters. The van der Waals surface area contributed by atoms with Crippen LogP contribution >= 0.6 is 0 Å². The average Bonchev–Trinajstić information content (AvgIpc) is 3.63. The molecule has 4 aliphatic rings. The number of rotatable bonds is 20. The number of carbonyl (C=O) groups excluding carboxylic acids is 1. The number of Topliss-reactive ketones (excluding diaryl/α,β-unsaturated/α-hetero) is 1. The Morgan fingerprint density at radius 2 is 1.43 bits per heavy atom. The molecule has 3 heterocycles. The molecular weight excluding hydrogens is 608 g/mol. The average molecular weight is 670 g/mol. The molecule has 1 aliphatic carbocycles. The lowest BCUT2D eigenvalue weighted by Gasteiger charge is -2.24. The molecule has 0 spiro atoms. The third-order valence-electron chi connectivity index (χ3n) is 10.7. The monoisotopic (exact) mass is 669 g/mol. The van der Waals surface area contributed by atoms with Crippen molar-refractivity contribution >= 4 is 17.2 Å². The molecule has 49 heavy (non-hydrogen) atoms. The second kappa shape index (κ2) is 17.4. The van der Waals surface area contributed by atoms with Crippen molar-refractivity contribution in [3.63, 3.8) is 0 Å². The summed E-state index contributed by atoms with van der Waals surface area (Å²) in [6.07, 6.45) is 30.6. The van der Waals surface area contributed by atoms with E-state index in [1.165, 1.54) is 96.3 Å². The highest BCUT2D eigenvalue weighted by molar-refractivity contribution is 6.24. The molecule has 3 aliphatic heterocycles. The first-order valence-corrected chi connectivity index (χ1v) is 19.4. The van der Waals surface area contributed by atoms with Crippen LogP contribution in [0.5, 0.6) is 11.5 Å². The number of nitrogens with zero attached hydrogens (tertiary/aromatic N) is 2. The van der Waals surface area contributed by atoms with Crippen molar-refractivity contribution in [1.29, 1.82) is 0 Å². The predicted octanol–water partition coefficient (Wildman–Crippen LogP) is 11.1. The van der Waals surface area contributed by atoms with Gasteiger partial charge in [-0.05, 0) is 63.0 Å². The fourth-order valence-electron chi connectivity index (χ4n) is 7.57. The maximum absolute atomic E-state index is 13.6. The Balaban J connectivity index is 1.28. The Bertz CT molecular complexity index is 1540. The van der Waals surface area contributed by atoms with Crippen LogP contribution < -0.4 is 9.47 Å². The number of unbranched alkanes of at least 4 members (excludes halogenated alkanes) is 14. The van der Waals surface area contributed by atoms with Gasteiger partial charge in [0.2, 0.25) is 18.3 Å². The van der Waals surface area contributed by atoms with Gasteiger partial charge in [-0.25, -0.2) is 0 Å². The number of ether oxygens (including phenoxy) is 2. The highest BCUT2D eigenvalue weighted by atomic mass is 16.7. The first kappa shape index (κ1) is 36.7. The van der Waals surface area contributed by atoms with Gasteiger partial charge in [-0.3, -0.25) is 4.79 Å². The Morgan fingerprint density at radius 3 is 2.04 bits per heavy atom. The van der Waals surface area contributed by atoms with Gasteiger partial charge in [-0.2, -0.15) is 4.58 Å². The lowest BCUT2D eigenvalue weighted by molar-refractivity contribution is -0.438. The summed E-state index contributed by atoms with van der Waals surface area (Å²) >= 11 is 0. The van der Waals surface area contributed by atoms with E-state index >= 15 is 0 Å². The number of carbonyl (C=O) groups is 1. The summed E-state index contributed by atoms with van der Waals surface area (Å²) in [6, 6.07) is 4.19. The van der Waals surface area contributed by atoms with Gasteiger partial charge in [-0.15, -0.1) is 0 Å². The Kier molecular flexibility index (Phi) is 13.0. The second-order valence-corrected chi connectivity index (χ2v) is 14.9. The van der Waals surface area contributed by atoms with Crippen LogP contribution in [-0.2, 0) is 10.2 Å². The summed E-state index contributed by atoms with van der Waals surface area (Å²) in [7, 11) is 0. The molecule has 0 fully saturated rings. The lowest BCUT2D eigenvalue weighted by Crippen LogP contribution is -2.31. The number of ketones is 1. The summed E-state index contributed by atoms with van der Waals surface area (Å²) in [5.41, 5.74) is 5.76. The van der Waals surface area contributed by atoms with Crippen LogP contribution in [-0.4, -0.2) is 46.0 Å². The Morgan fingerprint density at radius 1 is 0.837 bits per heavy atom. The molecule has 6 heteroatoms. The van der Waals surface area contributed by atoms with Crippen molar-refractivity contribution in [3.05, 3.63) is 76.4 Å². The number of benzene rings is 1. The molecule has 0 bridgehead atoms. The number of allylic oxidation sites excluding steroid dienone is 7. The third-order valence-corrected chi connectivity index (χ3v) is 10.7. The molecule has 0 amide bonds. The van der Waals surface area contributed by atoms with Gasteiger partial charge in [0.05, 0.1) is 22.6 Å². The SMILES string of the molecule is CCCCCCCCCCCC[N+]1=C(/C=C2/C(=O)C(/C=C3\C=CN(CCCCCCCC)C=C3C)=C2O)C(C)(C)c2cc3c(cc21)OCO3. The van der Waals surface area contributed by atoms with Crippen molar-refractivity contribution < 1.29 is 24.0 Å². The molecule has 0 atom stereocenters. The van der Waals surface area contributed by atoms with E-state index in [1.54, 1.807) is 0 Å². The van der Waals surface area contributed by atoms with Crippen molar-refractivity contribution in [3.8, 4) is 11.5 Å². The van der Waals surface area contributed by atoms with Crippen LogP contribution in [0.2, 0.25) is 0 Å². The molecule has 266 valence electrons. The van der Waals surface area contributed by atoms with E-state index in [1.807, 2.05) is 12.2 Å². The number of aliphatic hydroxyl groups is 1. The Labute approximate surface area is 296 Å². The third kappa shape index (κ3) is 8.80. The van der Waals surface area contributed by atoms with Gasteiger partial charge >= 0.3 is 0 Å². The largest absolute Gasteiger partial charge is 0.506 e. The summed E-state index contributed by atoms with van der Waals surface area (Å²) in [5.74, 6) is 1.52. The molecular formula is C43H61N2O4+. The van der Waals surface area contributed by atoms with Crippen LogP contribution in [0.15, 0.2) is 70.8 Å². The summed E-state index contributed by atoms with van der Waals surface area (Å²) in [5, 5.41) is 11.3. The highest BCUT2D eigenvalue weighted by Crippen LogP contribution is 2.48. The van der Waals surface area contributed by atoms with Gasteiger partial charge < -0.3 is 19.5 Å².